The van der Waals surface area contributed by atoms with E-state index < -0.39 is 15.8 Å². The zero-order chi connectivity index (χ0) is 17.7. The van der Waals surface area contributed by atoms with Crippen LogP contribution in [0, 0.1) is 5.82 Å². The normalized spacial score (nSPS) is 11.2. The lowest BCUT2D eigenvalue weighted by Crippen LogP contribution is -2.31. The van der Waals surface area contributed by atoms with E-state index in [4.69, 9.17) is 0 Å². The van der Waals surface area contributed by atoms with Gasteiger partial charge in [-0.05, 0) is 23.8 Å². The summed E-state index contributed by atoms with van der Waals surface area (Å²) in [6, 6.07) is 24.2. The van der Waals surface area contributed by atoms with Gasteiger partial charge in [-0.3, -0.25) is 4.31 Å². The van der Waals surface area contributed by atoms with Gasteiger partial charge < -0.3 is 0 Å². The van der Waals surface area contributed by atoms with Gasteiger partial charge in [-0.2, -0.15) is 0 Å². The third kappa shape index (κ3) is 4.25. The fourth-order valence-electron chi connectivity index (χ4n) is 2.58. The molecule has 0 saturated heterocycles. The number of hydrogen-bond donors (Lipinski definition) is 0. The van der Waals surface area contributed by atoms with Crippen LogP contribution in [0.2, 0.25) is 0 Å². The number of para-hydroxylation sites is 1. The Bertz CT molecular complexity index is 928. The molecule has 0 aliphatic heterocycles. The van der Waals surface area contributed by atoms with Crippen molar-refractivity contribution in [3.63, 3.8) is 0 Å². The molecule has 0 atom stereocenters. The van der Waals surface area contributed by atoms with Gasteiger partial charge in [0, 0.05) is 5.56 Å². The van der Waals surface area contributed by atoms with Gasteiger partial charge in [0.25, 0.3) is 0 Å². The Morgan fingerprint density at radius 1 is 0.760 bits per heavy atom. The van der Waals surface area contributed by atoms with Crippen LogP contribution in [0.4, 0.5) is 10.1 Å². The molecule has 3 aromatic carbocycles. The van der Waals surface area contributed by atoms with Gasteiger partial charge in [-0.25, -0.2) is 12.8 Å². The van der Waals surface area contributed by atoms with Crippen molar-refractivity contribution in [2.75, 3.05) is 4.31 Å². The van der Waals surface area contributed by atoms with Crippen molar-refractivity contribution < 1.29 is 12.8 Å². The Hall–Kier alpha value is -2.66. The SMILES string of the molecule is O=S(=O)(Cc1ccccc1F)N(Cc1ccccc1)c1ccccc1. The number of sulfonamides is 1. The lowest BCUT2D eigenvalue weighted by Gasteiger charge is -2.25. The van der Waals surface area contributed by atoms with E-state index in [0.29, 0.717) is 5.69 Å². The first kappa shape index (κ1) is 17.2. The van der Waals surface area contributed by atoms with Crippen LogP contribution in [-0.4, -0.2) is 8.42 Å². The van der Waals surface area contributed by atoms with Crippen LogP contribution < -0.4 is 4.31 Å². The zero-order valence-electron chi connectivity index (χ0n) is 13.5. The minimum absolute atomic E-state index is 0.163. The summed E-state index contributed by atoms with van der Waals surface area (Å²) in [5.41, 5.74) is 1.59. The molecule has 0 saturated carbocycles. The summed E-state index contributed by atoms with van der Waals surface area (Å²) in [4.78, 5) is 0. The minimum Gasteiger partial charge on any atom is -0.266 e. The largest absolute Gasteiger partial charge is 0.266 e. The Morgan fingerprint density at radius 2 is 1.32 bits per heavy atom. The third-order valence-corrected chi connectivity index (χ3v) is 5.53. The molecule has 0 amide bonds. The number of rotatable bonds is 6. The summed E-state index contributed by atoms with van der Waals surface area (Å²) in [6.07, 6.45) is 0. The Morgan fingerprint density at radius 3 is 1.96 bits per heavy atom. The topological polar surface area (TPSA) is 37.4 Å². The van der Waals surface area contributed by atoms with E-state index >= 15 is 0 Å². The van der Waals surface area contributed by atoms with Crippen LogP contribution >= 0.6 is 0 Å². The molecule has 0 unspecified atom stereocenters. The van der Waals surface area contributed by atoms with Crippen LogP contribution in [0.15, 0.2) is 84.9 Å². The van der Waals surface area contributed by atoms with Gasteiger partial charge in [-0.1, -0.05) is 66.7 Å². The molecule has 0 aromatic heterocycles. The zero-order valence-corrected chi connectivity index (χ0v) is 14.4. The molecule has 0 aliphatic carbocycles. The van der Waals surface area contributed by atoms with E-state index in [1.807, 2.05) is 36.4 Å². The highest BCUT2D eigenvalue weighted by atomic mass is 32.2. The van der Waals surface area contributed by atoms with Crippen molar-refractivity contribution in [1.82, 2.24) is 0 Å². The highest BCUT2D eigenvalue weighted by Gasteiger charge is 2.24. The van der Waals surface area contributed by atoms with Gasteiger partial charge in [0.1, 0.15) is 5.82 Å². The molecule has 0 aliphatic rings. The smallest absolute Gasteiger partial charge is 0.239 e. The predicted octanol–water partition coefficient (Wildman–Crippen LogP) is 4.36. The number of nitrogens with zero attached hydrogens (tertiary/aromatic N) is 1. The lowest BCUT2D eigenvalue weighted by atomic mass is 10.2. The van der Waals surface area contributed by atoms with Gasteiger partial charge in [-0.15, -0.1) is 0 Å². The van der Waals surface area contributed by atoms with Crippen molar-refractivity contribution in [3.05, 3.63) is 102 Å². The van der Waals surface area contributed by atoms with Gasteiger partial charge in [0.2, 0.25) is 10.0 Å². The molecule has 0 heterocycles. The molecule has 0 spiro atoms. The Balaban J connectivity index is 1.97. The van der Waals surface area contributed by atoms with Crippen molar-refractivity contribution in [3.8, 4) is 0 Å². The fourth-order valence-corrected chi connectivity index (χ4v) is 4.16. The summed E-state index contributed by atoms with van der Waals surface area (Å²) in [5, 5.41) is 0. The number of hydrogen-bond acceptors (Lipinski definition) is 2. The van der Waals surface area contributed by atoms with Crippen LogP contribution in [0.25, 0.3) is 0 Å². The monoisotopic (exact) mass is 355 g/mol. The summed E-state index contributed by atoms with van der Waals surface area (Å²) in [7, 11) is -3.76. The Kier molecular flexibility index (Phi) is 5.14. The average Bonchev–Trinajstić information content (AvgIpc) is 2.63. The van der Waals surface area contributed by atoms with E-state index in [2.05, 4.69) is 0 Å². The average molecular weight is 355 g/mol. The molecule has 5 heteroatoms. The van der Waals surface area contributed by atoms with Crippen LogP contribution in [0.1, 0.15) is 11.1 Å². The number of benzene rings is 3. The van der Waals surface area contributed by atoms with Crippen molar-refractivity contribution in [2.24, 2.45) is 0 Å². The molecular formula is C20H18FNO2S. The highest BCUT2D eigenvalue weighted by molar-refractivity contribution is 7.92. The minimum atomic E-state index is -3.76. The Labute approximate surface area is 147 Å². The first-order chi connectivity index (χ1) is 12.1. The molecule has 0 bridgehead atoms. The molecule has 0 fully saturated rings. The first-order valence-corrected chi connectivity index (χ1v) is 9.50. The standard InChI is InChI=1S/C20H18FNO2S/c21-20-14-8-7-11-18(20)16-25(23,24)22(19-12-5-2-6-13-19)15-17-9-3-1-4-10-17/h1-14H,15-16H2. The second-order valence-corrected chi connectivity index (χ2v) is 7.57. The van der Waals surface area contributed by atoms with Crippen molar-refractivity contribution >= 4 is 15.7 Å². The van der Waals surface area contributed by atoms with E-state index in [1.54, 1.807) is 36.4 Å². The molecule has 128 valence electrons. The maximum Gasteiger partial charge on any atom is 0.239 e. The lowest BCUT2D eigenvalue weighted by molar-refractivity contribution is 0.582. The summed E-state index contributed by atoms with van der Waals surface area (Å²) >= 11 is 0. The van der Waals surface area contributed by atoms with Gasteiger partial charge in [0.05, 0.1) is 18.0 Å². The maximum absolute atomic E-state index is 13.9. The predicted molar refractivity (Wildman–Crippen MR) is 98.1 cm³/mol. The molecule has 25 heavy (non-hydrogen) atoms. The van der Waals surface area contributed by atoms with E-state index in [-0.39, 0.29) is 17.9 Å². The third-order valence-electron chi connectivity index (χ3n) is 3.84. The summed E-state index contributed by atoms with van der Waals surface area (Å²) < 4.78 is 41.3. The van der Waals surface area contributed by atoms with E-state index in [0.717, 1.165) is 5.56 Å². The van der Waals surface area contributed by atoms with Crippen LogP contribution in [0.3, 0.4) is 0 Å². The summed E-state index contributed by atoms with van der Waals surface area (Å²) in [5.74, 6) is -0.903. The summed E-state index contributed by atoms with van der Waals surface area (Å²) in [6.45, 7) is 0.196. The molecule has 3 aromatic rings. The second-order valence-electron chi connectivity index (χ2n) is 5.68. The van der Waals surface area contributed by atoms with Crippen molar-refractivity contribution in [2.45, 2.75) is 12.3 Å². The molecule has 3 nitrogen and oxygen atoms in total. The van der Waals surface area contributed by atoms with Crippen LogP contribution in [-0.2, 0) is 22.3 Å². The fraction of sp³-hybridized carbons (Fsp3) is 0.100. The molecule has 0 radical (unpaired) electrons. The molecule has 3 rings (SSSR count). The van der Waals surface area contributed by atoms with Crippen LogP contribution in [0.5, 0.6) is 0 Å². The van der Waals surface area contributed by atoms with Gasteiger partial charge in [0.15, 0.2) is 0 Å². The van der Waals surface area contributed by atoms with Gasteiger partial charge >= 0.3 is 0 Å². The number of anilines is 1. The first-order valence-electron chi connectivity index (χ1n) is 7.89. The number of halogens is 1. The maximum atomic E-state index is 13.9. The van der Waals surface area contributed by atoms with E-state index in [1.165, 1.54) is 16.4 Å². The van der Waals surface area contributed by atoms with Crippen molar-refractivity contribution in [1.29, 1.82) is 0 Å². The highest BCUT2D eigenvalue weighted by Crippen LogP contribution is 2.24. The second kappa shape index (κ2) is 7.49. The molecular weight excluding hydrogens is 337 g/mol. The molecule has 0 N–H and O–H groups in total. The quantitative estimate of drug-likeness (QED) is 0.659. The van der Waals surface area contributed by atoms with E-state index in [9.17, 15) is 12.8 Å².